The summed E-state index contributed by atoms with van der Waals surface area (Å²) < 4.78 is 68.5. The van der Waals surface area contributed by atoms with E-state index in [4.69, 9.17) is 4.74 Å². The number of hydrogen-bond acceptors (Lipinski definition) is 6. The number of benzene rings is 2. The Bertz CT molecular complexity index is 1040. The van der Waals surface area contributed by atoms with Crippen molar-refractivity contribution in [3.8, 4) is 5.75 Å². The summed E-state index contributed by atoms with van der Waals surface area (Å²) in [5.74, 6) is -0.522. The number of hydrogen-bond donors (Lipinski definition) is 1. The predicted molar refractivity (Wildman–Crippen MR) is 105 cm³/mol. The average Bonchev–Trinajstić information content (AvgIpc) is 2.98. The number of halogens is 1. The minimum atomic E-state index is -3.92. The molecule has 0 unspecified atom stereocenters. The molecule has 0 saturated carbocycles. The van der Waals surface area contributed by atoms with Gasteiger partial charge in [-0.05, 0) is 48.9 Å². The van der Waals surface area contributed by atoms with E-state index in [9.17, 15) is 21.2 Å². The zero-order chi connectivity index (χ0) is 20.4. The molecule has 1 aliphatic heterocycles. The lowest BCUT2D eigenvalue weighted by Gasteiger charge is -2.20. The highest BCUT2D eigenvalue weighted by atomic mass is 32.2. The first-order valence-electron chi connectivity index (χ1n) is 8.78. The van der Waals surface area contributed by atoms with Crippen molar-refractivity contribution in [1.82, 2.24) is 5.32 Å². The van der Waals surface area contributed by atoms with Crippen molar-refractivity contribution < 1.29 is 26.0 Å². The third kappa shape index (κ3) is 4.53. The third-order valence-corrected chi connectivity index (χ3v) is 9.00. The van der Waals surface area contributed by atoms with Gasteiger partial charge in [-0.3, -0.25) is 0 Å². The summed E-state index contributed by atoms with van der Waals surface area (Å²) >= 11 is 0. The van der Waals surface area contributed by atoms with Crippen molar-refractivity contribution in [2.45, 2.75) is 22.6 Å². The number of methoxy groups -OCH3 is 1. The molecular formula is C19H22FNO5S2. The first-order valence-corrected chi connectivity index (χ1v) is 12.1. The van der Waals surface area contributed by atoms with Crippen molar-refractivity contribution >= 4 is 19.7 Å². The summed E-state index contributed by atoms with van der Waals surface area (Å²) in [5, 5.41) is 1.98. The van der Waals surface area contributed by atoms with Crippen LogP contribution in [0.3, 0.4) is 0 Å². The molecule has 1 N–H and O–H groups in total. The number of nitrogens with one attached hydrogen (secondary N) is 1. The van der Waals surface area contributed by atoms with Crippen LogP contribution in [0.4, 0.5) is 4.39 Å². The van der Waals surface area contributed by atoms with Gasteiger partial charge in [0.2, 0.25) is 0 Å². The number of ether oxygens (including phenoxy) is 1. The van der Waals surface area contributed by atoms with Crippen molar-refractivity contribution in [3.63, 3.8) is 0 Å². The summed E-state index contributed by atoms with van der Waals surface area (Å²) in [6, 6.07) is 11.2. The summed E-state index contributed by atoms with van der Waals surface area (Å²) in [5.41, 5.74) is 0.941. The van der Waals surface area contributed by atoms with E-state index in [1.165, 1.54) is 12.1 Å². The molecule has 0 radical (unpaired) electrons. The maximum absolute atomic E-state index is 13.1. The van der Waals surface area contributed by atoms with Gasteiger partial charge in [-0.25, -0.2) is 21.2 Å². The molecule has 2 aromatic carbocycles. The van der Waals surface area contributed by atoms with Crippen LogP contribution < -0.4 is 10.1 Å². The normalized spacial score (nSPS) is 21.5. The van der Waals surface area contributed by atoms with Gasteiger partial charge in [0.25, 0.3) is 0 Å². The van der Waals surface area contributed by atoms with Crippen LogP contribution >= 0.6 is 0 Å². The van der Waals surface area contributed by atoms with Gasteiger partial charge in [-0.1, -0.05) is 18.2 Å². The molecule has 3 rings (SSSR count). The summed E-state index contributed by atoms with van der Waals surface area (Å²) in [7, 11) is -5.84. The van der Waals surface area contributed by atoms with Gasteiger partial charge < -0.3 is 10.1 Å². The van der Waals surface area contributed by atoms with Gasteiger partial charge in [0.15, 0.2) is 19.7 Å². The maximum Gasteiger partial charge on any atom is 0.183 e. The lowest BCUT2D eigenvalue weighted by Crippen LogP contribution is -2.44. The van der Waals surface area contributed by atoms with E-state index in [1.54, 1.807) is 7.11 Å². The first kappa shape index (κ1) is 20.8. The number of rotatable bonds is 7. The molecule has 0 aromatic heterocycles. The first-order chi connectivity index (χ1) is 13.2. The molecule has 0 aliphatic carbocycles. The molecule has 1 saturated heterocycles. The summed E-state index contributed by atoms with van der Waals surface area (Å²) in [4.78, 5) is -0.0764. The monoisotopic (exact) mass is 427 g/mol. The molecular weight excluding hydrogens is 405 g/mol. The molecule has 152 valence electrons. The third-order valence-electron chi connectivity index (χ3n) is 4.83. The van der Waals surface area contributed by atoms with Crippen LogP contribution in [-0.4, -0.2) is 53.3 Å². The fourth-order valence-corrected chi connectivity index (χ4v) is 8.13. The second-order valence-electron chi connectivity index (χ2n) is 6.74. The van der Waals surface area contributed by atoms with E-state index in [1.807, 2.05) is 24.3 Å². The molecule has 0 bridgehead atoms. The van der Waals surface area contributed by atoms with E-state index in [0.29, 0.717) is 13.0 Å². The van der Waals surface area contributed by atoms with Crippen LogP contribution in [0.2, 0.25) is 0 Å². The van der Waals surface area contributed by atoms with Gasteiger partial charge in [-0.15, -0.1) is 0 Å². The van der Waals surface area contributed by atoms with Crippen LogP contribution in [0.15, 0.2) is 53.4 Å². The van der Waals surface area contributed by atoms with Crippen molar-refractivity contribution in [3.05, 3.63) is 59.9 Å². The highest BCUT2D eigenvalue weighted by Crippen LogP contribution is 2.26. The lowest BCUT2D eigenvalue weighted by atomic mass is 10.1. The molecule has 0 spiro atoms. The van der Waals surface area contributed by atoms with Gasteiger partial charge >= 0.3 is 0 Å². The minimum absolute atomic E-state index is 0.0764. The van der Waals surface area contributed by atoms with Crippen molar-refractivity contribution in [2.24, 2.45) is 0 Å². The lowest BCUT2D eigenvalue weighted by molar-refractivity contribution is 0.408. The Balaban J connectivity index is 1.76. The highest BCUT2D eigenvalue weighted by Gasteiger charge is 2.45. The molecule has 6 nitrogen and oxygen atoms in total. The van der Waals surface area contributed by atoms with Crippen LogP contribution in [0.1, 0.15) is 5.56 Å². The smallest absolute Gasteiger partial charge is 0.183 e. The SMILES string of the molecule is COc1ccccc1CCN[C@@H]1CS(=O)(=O)C[C@H]1S(=O)(=O)c1ccc(F)cc1. The minimum Gasteiger partial charge on any atom is -0.496 e. The summed E-state index contributed by atoms with van der Waals surface area (Å²) in [6.45, 7) is 0.399. The Morgan fingerprint density at radius 2 is 1.79 bits per heavy atom. The highest BCUT2D eigenvalue weighted by molar-refractivity contribution is 7.96. The fourth-order valence-electron chi connectivity index (χ4n) is 3.41. The number of para-hydroxylation sites is 1. The van der Waals surface area contributed by atoms with Crippen LogP contribution in [-0.2, 0) is 26.1 Å². The fraction of sp³-hybridized carbons (Fsp3) is 0.368. The second-order valence-corrected chi connectivity index (χ2v) is 11.1. The van der Waals surface area contributed by atoms with E-state index >= 15 is 0 Å². The molecule has 28 heavy (non-hydrogen) atoms. The van der Waals surface area contributed by atoms with Gasteiger partial charge in [0, 0.05) is 6.04 Å². The largest absolute Gasteiger partial charge is 0.496 e. The Hall–Kier alpha value is -1.97. The topological polar surface area (TPSA) is 89.5 Å². The molecule has 2 aromatic rings. The molecule has 0 amide bonds. The van der Waals surface area contributed by atoms with Crippen LogP contribution in [0.5, 0.6) is 5.75 Å². The Kier molecular flexibility index (Phi) is 6.07. The van der Waals surface area contributed by atoms with Gasteiger partial charge in [0.1, 0.15) is 11.6 Å². The molecule has 9 heteroatoms. The molecule has 2 atom stereocenters. The summed E-state index contributed by atoms with van der Waals surface area (Å²) in [6.07, 6.45) is 0.559. The second kappa shape index (κ2) is 8.18. The zero-order valence-electron chi connectivity index (χ0n) is 15.3. The van der Waals surface area contributed by atoms with Crippen molar-refractivity contribution in [1.29, 1.82) is 0 Å². The quantitative estimate of drug-likeness (QED) is 0.676. The van der Waals surface area contributed by atoms with Gasteiger partial charge in [-0.2, -0.15) is 0 Å². The maximum atomic E-state index is 13.1. The Labute approximate surface area is 164 Å². The van der Waals surface area contributed by atoms with E-state index in [-0.39, 0.29) is 10.6 Å². The predicted octanol–water partition coefficient (Wildman–Crippen LogP) is 1.61. The molecule has 1 fully saturated rings. The van der Waals surface area contributed by atoms with E-state index in [2.05, 4.69) is 5.32 Å². The van der Waals surface area contributed by atoms with Crippen LogP contribution in [0.25, 0.3) is 0 Å². The zero-order valence-corrected chi connectivity index (χ0v) is 17.0. The Morgan fingerprint density at radius 1 is 1.11 bits per heavy atom. The number of sulfone groups is 2. The standard InChI is InChI=1S/C19H22FNO5S2/c1-26-18-5-3-2-4-14(18)10-11-21-17-12-27(22,23)13-19(17)28(24,25)16-8-6-15(20)7-9-16/h2-9,17,19,21H,10-13H2,1H3/t17-,19-/m1/s1. The average molecular weight is 428 g/mol. The Morgan fingerprint density at radius 3 is 2.46 bits per heavy atom. The van der Waals surface area contributed by atoms with Crippen molar-refractivity contribution in [2.75, 3.05) is 25.2 Å². The molecule has 1 aliphatic rings. The molecule has 1 heterocycles. The van der Waals surface area contributed by atoms with E-state index in [0.717, 1.165) is 23.4 Å². The van der Waals surface area contributed by atoms with Crippen LogP contribution in [0, 0.1) is 5.82 Å². The van der Waals surface area contributed by atoms with Gasteiger partial charge in [0.05, 0.1) is 28.8 Å². The van der Waals surface area contributed by atoms with E-state index < -0.39 is 42.5 Å².